The maximum Gasteiger partial charge on any atom is 0.234 e. The molecule has 0 amide bonds. The molecule has 17 heavy (non-hydrogen) atoms. The van der Waals surface area contributed by atoms with Crippen molar-refractivity contribution in [1.82, 2.24) is 9.97 Å². The Kier molecular flexibility index (Phi) is 6.21. The van der Waals surface area contributed by atoms with Gasteiger partial charge in [0.25, 0.3) is 0 Å². The van der Waals surface area contributed by atoms with E-state index in [4.69, 9.17) is 9.47 Å². The van der Waals surface area contributed by atoms with Crippen LogP contribution in [0.2, 0.25) is 0 Å². The second kappa shape index (κ2) is 7.45. The average molecular weight is 304 g/mol. The second-order valence-corrected chi connectivity index (χ2v) is 4.88. The van der Waals surface area contributed by atoms with Gasteiger partial charge in [-0.2, -0.15) is 4.98 Å². The van der Waals surface area contributed by atoms with E-state index in [1.807, 2.05) is 18.9 Å². The minimum absolute atomic E-state index is 0.259. The molecule has 1 heterocycles. The van der Waals surface area contributed by atoms with Crippen LogP contribution in [0, 0.1) is 0 Å². The van der Waals surface area contributed by atoms with Crippen molar-refractivity contribution in [3.63, 3.8) is 0 Å². The summed E-state index contributed by atoms with van der Waals surface area (Å²) in [5.41, 5.74) is 0. The van der Waals surface area contributed by atoms with Gasteiger partial charge >= 0.3 is 0 Å². The summed E-state index contributed by atoms with van der Waals surface area (Å²) in [6, 6.07) is 0. The van der Waals surface area contributed by atoms with Gasteiger partial charge < -0.3 is 14.4 Å². The number of anilines is 1. The Bertz CT molecular complexity index is 338. The van der Waals surface area contributed by atoms with Gasteiger partial charge in [-0.15, -0.1) is 0 Å². The molecule has 0 fully saturated rings. The predicted molar refractivity (Wildman–Crippen MR) is 71.1 cm³/mol. The number of hydrogen-bond acceptors (Lipinski definition) is 5. The van der Waals surface area contributed by atoms with Crippen LogP contribution in [0.5, 0.6) is 5.88 Å². The zero-order valence-electron chi connectivity index (χ0n) is 10.4. The first kappa shape index (κ1) is 14.2. The normalized spacial score (nSPS) is 12.2. The molecule has 0 N–H and O–H groups in total. The Morgan fingerprint density at radius 1 is 1.47 bits per heavy atom. The van der Waals surface area contributed by atoms with Gasteiger partial charge in [-0.25, -0.2) is 0 Å². The summed E-state index contributed by atoms with van der Waals surface area (Å²) in [5, 5.41) is 0. The summed E-state index contributed by atoms with van der Waals surface area (Å²) in [7, 11) is 3.65. The maximum atomic E-state index is 5.31. The van der Waals surface area contributed by atoms with E-state index in [1.54, 1.807) is 19.5 Å². The van der Waals surface area contributed by atoms with Gasteiger partial charge in [-0.3, -0.25) is 4.98 Å². The fourth-order valence-corrected chi connectivity index (χ4v) is 2.06. The Balaban J connectivity index is 2.61. The average Bonchev–Trinajstić information content (AvgIpc) is 2.30. The van der Waals surface area contributed by atoms with E-state index in [0.717, 1.165) is 12.4 Å². The molecule has 0 aliphatic heterocycles. The lowest BCUT2D eigenvalue weighted by atomic mass is 10.4. The van der Waals surface area contributed by atoms with Crippen molar-refractivity contribution in [3.8, 4) is 5.88 Å². The molecule has 0 spiro atoms. The molecule has 0 aromatic carbocycles. The van der Waals surface area contributed by atoms with E-state index in [0.29, 0.717) is 19.1 Å². The summed E-state index contributed by atoms with van der Waals surface area (Å²) in [4.78, 5) is 10.7. The van der Waals surface area contributed by atoms with E-state index < -0.39 is 0 Å². The largest absolute Gasteiger partial charge is 0.477 e. The van der Waals surface area contributed by atoms with Gasteiger partial charge in [0.2, 0.25) is 5.88 Å². The monoisotopic (exact) mass is 303 g/mol. The SMILES string of the molecule is CCOc1cncc(N(C)CC(Br)COC)n1. The molecule has 96 valence electrons. The first-order valence-corrected chi connectivity index (χ1v) is 6.38. The van der Waals surface area contributed by atoms with Crippen molar-refractivity contribution in [1.29, 1.82) is 0 Å². The lowest BCUT2D eigenvalue weighted by Crippen LogP contribution is -2.29. The van der Waals surface area contributed by atoms with Gasteiger partial charge in [-0.1, -0.05) is 15.9 Å². The van der Waals surface area contributed by atoms with Gasteiger partial charge in [0.1, 0.15) is 0 Å². The molecule has 0 bridgehead atoms. The first-order chi connectivity index (χ1) is 8.17. The molecular weight excluding hydrogens is 286 g/mol. The third kappa shape index (κ3) is 4.87. The first-order valence-electron chi connectivity index (χ1n) is 5.46. The molecule has 0 aliphatic rings. The fourth-order valence-electron chi connectivity index (χ4n) is 1.36. The van der Waals surface area contributed by atoms with Crippen molar-refractivity contribution < 1.29 is 9.47 Å². The second-order valence-electron chi connectivity index (χ2n) is 3.58. The molecule has 0 radical (unpaired) electrons. The fraction of sp³-hybridized carbons (Fsp3) is 0.636. The standard InChI is InChI=1S/C11H18BrN3O2/c1-4-17-11-6-13-5-10(14-11)15(2)7-9(12)8-16-3/h5-6,9H,4,7-8H2,1-3H3. The highest BCUT2D eigenvalue weighted by Crippen LogP contribution is 2.14. The highest BCUT2D eigenvalue weighted by molar-refractivity contribution is 9.09. The number of nitrogens with zero attached hydrogens (tertiary/aromatic N) is 3. The zero-order chi connectivity index (χ0) is 12.7. The summed E-state index contributed by atoms with van der Waals surface area (Å²) >= 11 is 3.54. The van der Waals surface area contributed by atoms with Gasteiger partial charge in [-0.05, 0) is 6.92 Å². The Morgan fingerprint density at radius 2 is 2.24 bits per heavy atom. The Hall–Kier alpha value is -0.880. The summed E-state index contributed by atoms with van der Waals surface area (Å²) in [6.45, 7) is 3.96. The molecule has 0 saturated carbocycles. The molecule has 0 saturated heterocycles. The van der Waals surface area contributed by atoms with E-state index >= 15 is 0 Å². The van der Waals surface area contributed by atoms with Crippen molar-refractivity contribution >= 4 is 21.7 Å². The van der Waals surface area contributed by atoms with Crippen LogP contribution in [-0.4, -0.2) is 48.7 Å². The minimum atomic E-state index is 0.259. The van der Waals surface area contributed by atoms with Crippen LogP contribution >= 0.6 is 15.9 Å². The number of rotatable bonds is 7. The summed E-state index contributed by atoms with van der Waals surface area (Å²) < 4.78 is 10.4. The molecule has 1 aromatic rings. The van der Waals surface area contributed by atoms with Gasteiger partial charge in [0.05, 0.1) is 30.4 Å². The smallest absolute Gasteiger partial charge is 0.234 e. The third-order valence-electron chi connectivity index (χ3n) is 2.10. The Labute approximate surface area is 110 Å². The van der Waals surface area contributed by atoms with Gasteiger partial charge in [0, 0.05) is 20.7 Å². The quantitative estimate of drug-likeness (QED) is 0.718. The van der Waals surface area contributed by atoms with Crippen molar-refractivity contribution in [2.24, 2.45) is 0 Å². The molecule has 1 unspecified atom stereocenters. The number of ether oxygens (including phenoxy) is 2. The zero-order valence-corrected chi connectivity index (χ0v) is 12.0. The number of hydrogen-bond donors (Lipinski definition) is 0. The molecule has 1 atom stereocenters. The van der Waals surface area contributed by atoms with Crippen LogP contribution in [0.1, 0.15) is 6.92 Å². The highest BCUT2D eigenvalue weighted by Gasteiger charge is 2.10. The summed E-state index contributed by atoms with van der Waals surface area (Å²) in [6.07, 6.45) is 3.33. The van der Waals surface area contributed by atoms with Crippen molar-refractivity contribution in [2.45, 2.75) is 11.8 Å². The number of alkyl halides is 1. The van der Waals surface area contributed by atoms with E-state index in [9.17, 15) is 0 Å². The van der Waals surface area contributed by atoms with Crippen LogP contribution in [0.15, 0.2) is 12.4 Å². The van der Waals surface area contributed by atoms with Crippen molar-refractivity contribution in [2.75, 3.05) is 38.8 Å². The molecule has 0 aliphatic carbocycles. The van der Waals surface area contributed by atoms with Crippen LogP contribution in [-0.2, 0) is 4.74 Å². The van der Waals surface area contributed by atoms with E-state index in [1.165, 1.54) is 0 Å². The molecule has 1 rings (SSSR count). The molecule has 1 aromatic heterocycles. The Morgan fingerprint density at radius 3 is 2.88 bits per heavy atom. The molecule has 5 nitrogen and oxygen atoms in total. The third-order valence-corrected chi connectivity index (χ3v) is 2.66. The van der Waals surface area contributed by atoms with Crippen LogP contribution in [0.25, 0.3) is 0 Å². The number of halogens is 1. The van der Waals surface area contributed by atoms with Gasteiger partial charge in [0.15, 0.2) is 5.82 Å². The van der Waals surface area contributed by atoms with E-state index in [2.05, 4.69) is 25.9 Å². The highest BCUT2D eigenvalue weighted by atomic mass is 79.9. The molecular formula is C11H18BrN3O2. The lowest BCUT2D eigenvalue weighted by molar-refractivity contribution is 0.201. The summed E-state index contributed by atoms with van der Waals surface area (Å²) in [5.74, 6) is 1.34. The molecule has 6 heteroatoms. The van der Waals surface area contributed by atoms with Crippen molar-refractivity contribution in [3.05, 3.63) is 12.4 Å². The topological polar surface area (TPSA) is 47.5 Å². The number of aromatic nitrogens is 2. The van der Waals surface area contributed by atoms with Crippen LogP contribution < -0.4 is 9.64 Å². The minimum Gasteiger partial charge on any atom is -0.477 e. The number of methoxy groups -OCH3 is 1. The lowest BCUT2D eigenvalue weighted by Gasteiger charge is -2.21. The predicted octanol–water partition coefficient (Wildman–Crippen LogP) is 1.72. The van der Waals surface area contributed by atoms with Crippen LogP contribution in [0.3, 0.4) is 0 Å². The van der Waals surface area contributed by atoms with Crippen LogP contribution in [0.4, 0.5) is 5.82 Å². The van der Waals surface area contributed by atoms with E-state index in [-0.39, 0.29) is 4.83 Å². The maximum absolute atomic E-state index is 5.31.